The molecule has 5 heteroatoms. The van der Waals surface area contributed by atoms with Crippen LogP contribution in [0, 0.1) is 5.92 Å². The number of rotatable bonds is 4. The number of Topliss-reactive ketones (excluding diaryl/α,β-unsaturated/α-hetero) is 1. The lowest BCUT2D eigenvalue weighted by Gasteiger charge is -2.17. The van der Waals surface area contributed by atoms with Gasteiger partial charge in [-0.05, 0) is 21.8 Å². The zero-order valence-electron chi connectivity index (χ0n) is 9.32. The van der Waals surface area contributed by atoms with E-state index in [0.29, 0.717) is 10.2 Å². The van der Waals surface area contributed by atoms with Crippen LogP contribution >= 0.6 is 15.9 Å². The summed E-state index contributed by atoms with van der Waals surface area (Å²) in [6.07, 6.45) is 1.19. The minimum absolute atomic E-state index is 0.0422. The second-order valence-electron chi connectivity index (χ2n) is 3.73. The second kappa shape index (κ2) is 4.90. The van der Waals surface area contributed by atoms with Gasteiger partial charge in [0.25, 0.3) is 0 Å². The summed E-state index contributed by atoms with van der Waals surface area (Å²) in [6.45, 7) is 3.91. The highest BCUT2D eigenvalue weighted by molar-refractivity contribution is 9.10. The fraction of sp³-hybridized carbons (Fsp3) is 0.600. The number of aryl methyl sites for hydroxylation is 1. The van der Waals surface area contributed by atoms with Crippen LogP contribution in [-0.4, -0.2) is 28.8 Å². The van der Waals surface area contributed by atoms with Crippen LogP contribution in [-0.2, 0) is 11.8 Å². The molecule has 1 heterocycles. The lowest BCUT2D eigenvalue weighted by Crippen LogP contribution is -2.30. The van der Waals surface area contributed by atoms with Crippen LogP contribution in [0.15, 0.2) is 10.7 Å². The van der Waals surface area contributed by atoms with E-state index in [0.717, 1.165) is 0 Å². The van der Waals surface area contributed by atoms with Gasteiger partial charge in [-0.2, -0.15) is 5.10 Å². The number of carbonyl (C=O) groups excluding carboxylic acids is 1. The van der Waals surface area contributed by atoms with Gasteiger partial charge < -0.3 is 4.74 Å². The minimum Gasteiger partial charge on any atom is -0.373 e. The zero-order valence-corrected chi connectivity index (χ0v) is 10.9. The number of ether oxygens (including phenoxy) is 1. The molecule has 0 N–H and O–H groups in total. The predicted octanol–water partition coefficient (Wildman–Crippen LogP) is 2.04. The molecule has 0 aliphatic carbocycles. The fourth-order valence-corrected chi connectivity index (χ4v) is 2.05. The molecule has 0 saturated carbocycles. The molecule has 1 aromatic heterocycles. The average molecular weight is 275 g/mol. The molecule has 0 fully saturated rings. The SMILES string of the molecule is COC(C(=O)c1c(Br)cnn1C)C(C)C. The Kier molecular flexibility index (Phi) is 4.04. The number of methoxy groups -OCH3 is 1. The minimum atomic E-state index is -0.420. The quantitative estimate of drug-likeness (QED) is 0.790. The Morgan fingerprint density at radius 2 is 2.20 bits per heavy atom. The Labute approximate surface area is 97.7 Å². The molecule has 15 heavy (non-hydrogen) atoms. The van der Waals surface area contributed by atoms with Crippen LogP contribution in [0.5, 0.6) is 0 Å². The molecule has 1 atom stereocenters. The highest BCUT2D eigenvalue weighted by Gasteiger charge is 2.27. The maximum atomic E-state index is 12.1. The average Bonchev–Trinajstić information content (AvgIpc) is 2.46. The van der Waals surface area contributed by atoms with E-state index >= 15 is 0 Å². The summed E-state index contributed by atoms with van der Waals surface area (Å²) in [7, 11) is 3.29. The van der Waals surface area contributed by atoms with Gasteiger partial charge in [0.05, 0.1) is 10.7 Å². The molecule has 0 amide bonds. The topological polar surface area (TPSA) is 44.1 Å². The maximum Gasteiger partial charge on any atom is 0.210 e. The number of aromatic nitrogens is 2. The lowest BCUT2D eigenvalue weighted by molar-refractivity contribution is 0.0449. The Morgan fingerprint density at radius 3 is 2.53 bits per heavy atom. The molecule has 0 aliphatic heterocycles. The van der Waals surface area contributed by atoms with Crippen molar-refractivity contribution in [1.29, 1.82) is 0 Å². The smallest absolute Gasteiger partial charge is 0.210 e. The Morgan fingerprint density at radius 1 is 1.60 bits per heavy atom. The largest absolute Gasteiger partial charge is 0.373 e. The van der Waals surface area contributed by atoms with Crippen molar-refractivity contribution in [1.82, 2.24) is 9.78 Å². The van der Waals surface area contributed by atoms with Crippen LogP contribution in [0.25, 0.3) is 0 Å². The zero-order chi connectivity index (χ0) is 11.6. The summed E-state index contributed by atoms with van der Waals surface area (Å²) < 4.78 is 7.46. The van der Waals surface area contributed by atoms with Crippen molar-refractivity contribution in [3.05, 3.63) is 16.4 Å². The molecule has 0 radical (unpaired) electrons. The summed E-state index contributed by atoms with van der Waals surface area (Å²) in [6, 6.07) is 0. The van der Waals surface area contributed by atoms with Crippen molar-refractivity contribution in [2.24, 2.45) is 13.0 Å². The van der Waals surface area contributed by atoms with E-state index in [4.69, 9.17) is 4.74 Å². The van der Waals surface area contributed by atoms with E-state index in [1.54, 1.807) is 25.0 Å². The molecule has 4 nitrogen and oxygen atoms in total. The number of carbonyl (C=O) groups is 1. The number of hydrogen-bond acceptors (Lipinski definition) is 3. The van der Waals surface area contributed by atoms with Gasteiger partial charge in [0.1, 0.15) is 11.8 Å². The van der Waals surface area contributed by atoms with Gasteiger partial charge in [-0.3, -0.25) is 9.48 Å². The third kappa shape index (κ3) is 2.46. The van der Waals surface area contributed by atoms with Gasteiger partial charge in [0.15, 0.2) is 0 Å². The van der Waals surface area contributed by atoms with Gasteiger partial charge in [0.2, 0.25) is 5.78 Å². The third-order valence-electron chi connectivity index (χ3n) is 2.25. The van der Waals surface area contributed by atoms with Crippen LogP contribution < -0.4 is 0 Å². The van der Waals surface area contributed by atoms with Gasteiger partial charge >= 0.3 is 0 Å². The second-order valence-corrected chi connectivity index (χ2v) is 4.58. The maximum absolute atomic E-state index is 12.1. The summed E-state index contributed by atoms with van der Waals surface area (Å²) in [4.78, 5) is 12.1. The van der Waals surface area contributed by atoms with E-state index in [1.807, 2.05) is 13.8 Å². The lowest BCUT2D eigenvalue weighted by atomic mass is 10.0. The number of nitrogens with zero attached hydrogens (tertiary/aromatic N) is 2. The monoisotopic (exact) mass is 274 g/mol. The Hall–Kier alpha value is -0.680. The summed E-state index contributed by atoms with van der Waals surface area (Å²) in [5.41, 5.74) is 0.551. The van der Waals surface area contributed by atoms with Crippen molar-refractivity contribution >= 4 is 21.7 Å². The van der Waals surface area contributed by atoms with Gasteiger partial charge in [0, 0.05) is 14.2 Å². The molecular weight excluding hydrogens is 260 g/mol. The summed E-state index contributed by atoms with van der Waals surface area (Å²) in [5.74, 6) is 0.101. The van der Waals surface area contributed by atoms with E-state index in [1.165, 1.54) is 0 Å². The number of ketones is 1. The van der Waals surface area contributed by atoms with Gasteiger partial charge in [-0.15, -0.1) is 0 Å². The number of hydrogen-bond donors (Lipinski definition) is 0. The molecule has 1 aromatic rings. The van der Waals surface area contributed by atoms with E-state index < -0.39 is 6.10 Å². The Bertz CT molecular complexity index is 341. The molecule has 1 unspecified atom stereocenters. The van der Waals surface area contributed by atoms with Crippen LogP contribution in [0.2, 0.25) is 0 Å². The van der Waals surface area contributed by atoms with Crippen LogP contribution in [0.1, 0.15) is 24.3 Å². The molecule has 0 aliphatic rings. The third-order valence-corrected chi connectivity index (χ3v) is 2.83. The van der Waals surface area contributed by atoms with Crippen LogP contribution in [0.3, 0.4) is 0 Å². The standard InChI is InChI=1S/C10H15BrN2O2/c1-6(2)10(15-4)9(14)8-7(11)5-12-13(8)3/h5-6,10H,1-4H3. The molecular formula is C10H15BrN2O2. The van der Waals surface area contributed by atoms with Crippen molar-refractivity contribution in [3.63, 3.8) is 0 Å². The van der Waals surface area contributed by atoms with E-state index in [2.05, 4.69) is 21.0 Å². The molecule has 0 bridgehead atoms. The van der Waals surface area contributed by atoms with Gasteiger partial charge in [-0.1, -0.05) is 13.8 Å². The summed E-state index contributed by atoms with van der Waals surface area (Å²) in [5, 5.41) is 4.01. The van der Waals surface area contributed by atoms with Crippen molar-refractivity contribution < 1.29 is 9.53 Å². The summed E-state index contributed by atoms with van der Waals surface area (Å²) >= 11 is 3.30. The van der Waals surface area contributed by atoms with E-state index in [-0.39, 0.29) is 11.7 Å². The first kappa shape index (κ1) is 12.4. The van der Waals surface area contributed by atoms with Crippen molar-refractivity contribution in [2.75, 3.05) is 7.11 Å². The van der Waals surface area contributed by atoms with Crippen molar-refractivity contribution in [2.45, 2.75) is 20.0 Å². The molecule has 84 valence electrons. The Balaban J connectivity index is 3.03. The fourth-order valence-electron chi connectivity index (χ4n) is 1.50. The first-order valence-electron chi connectivity index (χ1n) is 4.73. The normalized spacial score (nSPS) is 13.2. The van der Waals surface area contributed by atoms with Crippen molar-refractivity contribution in [3.8, 4) is 0 Å². The van der Waals surface area contributed by atoms with Crippen LogP contribution in [0.4, 0.5) is 0 Å². The highest BCUT2D eigenvalue weighted by Crippen LogP contribution is 2.20. The first-order chi connectivity index (χ1) is 6.99. The molecule has 1 rings (SSSR count). The van der Waals surface area contributed by atoms with Gasteiger partial charge in [-0.25, -0.2) is 0 Å². The molecule has 0 saturated heterocycles. The molecule has 0 spiro atoms. The number of halogens is 1. The first-order valence-corrected chi connectivity index (χ1v) is 5.52. The predicted molar refractivity (Wildman–Crippen MR) is 60.9 cm³/mol. The highest BCUT2D eigenvalue weighted by atomic mass is 79.9. The molecule has 0 aromatic carbocycles. The van der Waals surface area contributed by atoms with E-state index in [9.17, 15) is 4.79 Å².